The van der Waals surface area contributed by atoms with Gasteiger partial charge in [0.15, 0.2) is 0 Å². The highest BCUT2D eigenvalue weighted by Crippen LogP contribution is 2.35. The SMILES string of the molecule is CCCCCCCCCCCCCCCCCC(=O)Oc1c(C(O)CNC(C)(C)C)ccc(O)c1CO. The van der Waals surface area contributed by atoms with Crippen LogP contribution in [-0.2, 0) is 11.4 Å². The van der Waals surface area contributed by atoms with Crippen LogP contribution in [0.1, 0.15) is 148 Å². The molecule has 0 aliphatic rings. The number of ether oxygens (including phenoxy) is 1. The van der Waals surface area contributed by atoms with Crippen LogP contribution in [0.5, 0.6) is 11.5 Å². The van der Waals surface area contributed by atoms with Gasteiger partial charge in [0.1, 0.15) is 11.5 Å². The molecule has 0 fully saturated rings. The lowest BCUT2D eigenvalue weighted by Gasteiger charge is -2.24. The summed E-state index contributed by atoms with van der Waals surface area (Å²) in [5, 5.41) is 33.8. The standard InChI is InChI=1S/C31H55NO5/c1-5-6-7-8-9-10-11-12-13-14-15-16-17-18-19-20-29(36)37-30-25(21-22-27(34)26(30)24-33)28(35)23-32-31(2,3)4/h21-22,28,32-35H,5-20,23-24H2,1-4H3. The molecule has 1 aromatic carbocycles. The maximum absolute atomic E-state index is 12.5. The molecule has 0 spiro atoms. The molecule has 0 saturated carbocycles. The Bertz CT molecular complexity index is 744. The molecule has 214 valence electrons. The minimum absolute atomic E-state index is 0.0664. The minimum Gasteiger partial charge on any atom is -0.507 e. The summed E-state index contributed by atoms with van der Waals surface area (Å²) >= 11 is 0. The number of benzene rings is 1. The van der Waals surface area contributed by atoms with E-state index >= 15 is 0 Å². The Kier molecular flexibility index (Phi) is 17.5. The van der Waals surface area contributed by atoms with Crippen LogP contribution in [0.2, 0.25) is 0 Å². The van der Waals surface area contributed by atoms with Gasteiger partial charge in [0.2, 0.25) is 0 Å². The fourth-order valence-electron chi connectivity index (χ4n) is 4.49. The van der Waals surface area contributed by atoms with E-state index in [4.69, 9.17) is 4.74 Å². The van der Waals surface area contributed by atoms with E-state index < -0.39 is 18.7 Å². The van der Waals surface area contributed by atoms with Crippen molar-refractivity contribution < 1.29 is 24.9 Å². The van der Waals surface area contributed by atoms with Crippen molar-refractivity contribution >= 4 is 5.97 Å². The number of aliphatic hydroxyl groups excluding tert-OH is 2. The first-order chi connectivity index (χ1) is 17.7. The van der Waals surface area contributed by atoms with E-state index in [1.807, 2.05) is 20.8 Å². The Hall–Kier alpha value is -1.63. The second kappa shape index (κ2) is 19.4. The van der Waals surface area contributed by atoms with Gasteiger partial charge in [-0.05, 0) is 39.3 Å². The zero-order valence-electron chi connectivity index (χ0n) is 24.1. The van der Waals surface area contributed by atoms with Crippen molar-refractivity contribution in [2.75, 3.05) is 6.54 Å². The van der Waals surface area contributed by atoms with Gasteiger partial charge in [0.25, 0.3) is 0 Å². The van der Waals surface area contributed by atoms with Crippen molar-refractivity contribution in [3.63, 3.8) is 0 Å². The van der Waals surface area contributed by atoms with E-state index in [0.717, 1.165) is 19.3 Å². The topological polar surface area (TPSA) is 99.0 Å². The molecule has 6 nitrogen and oxygen atoms in total. The summed E-state index contributed by atoms with van der Waals surface area (Å²) in [5.41, 5.74) is 0.308. The average Bonchev–Trinajstić information content (AvgIpc) is 2.84. The van der Waals surface area contributed by atoms with E-state index in [-0.39, 0.29) is 35.6 Å². The third kappa shape index (κ3) is 15.4. The number of nitrogens with one attached hydrogen (secondary N) is 1. The van der Waals surface area contributed by atoms with Crippen LogP contribution in [0.3, 0.4) is 0 Å². The highest BCUT2D eigenvalue weighted by atomic mass is 16.5. The summed E-state index contributed by atoms with van der Waals surface area (Å²) in [6.07, 6.45) is 18.2. The van der Waals surface area contributed by atoms with Gasteiger partial charge in [-0.2, -0.15) is 0 Å². The summed E-state index contributed by atoms with van der Waals surface area (Å²) in [6, 6.07) is 2.95. The third-order valence-electron chi connectivity index (χ3n) is 6.81. The molecule has 0 aliphatic carbocycles. The molecule has 0 radical (unpaired) electrons. The van der Waals surface area contributed by atoms with Crippen LogP contribution in [0.4, 0.5) is 0 Å². The number of aromatic hydroxyl groups is 1. The smallest absolute Gasteiger partial charge is 0.311 e. The molecule has 0 heterocycles. The van der Waals surface area contributed by atoms with Gasteiger partial charge in [0.05, 0.1) is 18.3 Å². The molecule has 0 aliphatic heterocycles. The first-order valence-corrected chi connectivity index (χ1v) is 14.8. The molecule has 0 saturated heterocycles. The molecule has 1 unspecified atom stereocenters. The number of carbonyl (C=O) groups excluding carboxylic acids is 1. The van der Waals surface area contributed by atoms with Crippen molar-refractivity contribution in [3.05, 3.63) is 23.3 Å². The maximum atomic E-state index is 12.5. The second-order valence-corrected chi connectivity index (χ2v) is 11.5. The Morgan fingerprint density at radius 1 is 0.865 bits per heavy atom. The van der Waals surface area contributed by atoms with Crippen molar-refractivity contribution in [3.8, 4) is 11.5 Å². The fourth-order valence-corrected chi connectivity index (χ4v) is 4.49. The Morgan fingerprint density at radius 2 is 1.35 bits per heavy atom. The number of phenols is 1. The molecule has 1 rings (SSSR count). The maximum Gasteiger partial charge on any atom is 0.311 e. The Labute approximate surface area is 226 Å². The van der Waals surface area contributed by atoms with Crippen molar-refractivity contribution in [2.45, 2.75) is 149 Å². The summed E-state index contributed by atoms with van der Waals surface area (Å²) in [6.45, 7) is 8.01. The number of esters is 1. The van der Waals surface area contributed by atoms with Gasteiger partial charge >= 0.3 is 5.97 Å². The fraction of sp³-hybridized carbons (Fsp3) is 0.774. The van der Waals surface area contributed by atoms with Gasteiger partial charge in [-0.15, -0.1) is 0 Å². The lowest BCUT2D eigenvalue weighted by molar-refractivity contribution is -0.134. The molecule has 1 aromatic rings. The zero-order valence-corrected chi connectivity index (χ0v) is 24.1. The number of rotatable bonds is 21. The molecule has 0 aromatic heterocycles. The first-order valence-electron chi connectivity index (χ1n) is 14.8. The Morgan fingerprint density at radius 3 is 1.81 bits per heavy atom. The highest BCUT2D eigenvalue weighted by molar-refractivity contribution is 5.74. The summed E-state index contributed by atoms with van der Waals surface area (Å²) in [4.78, 5) is 12.5. The number of β-amino-alcohol motifs (C(OH)–C–C–N with tert-alkyl or cyclic N) is 1. The summed E-state index contributed by atoms with van der Waals surface area (Å²) in [7, 11) is 0. The van der Waals surface area contributed by atoms with Gasteiger partial charge in [0, 0.05) is 24.1 Å². The number of aliphatic hydroxyl groups is 2. The predicted octanol–water partition coefficient (Wildman–Crippen LogP) is 7.47. The van der Waals surface area contributed by atoms with Crippen LogP contribution in [0.25, 0.3) is 0 Å². The van der Waals surface area contributed by atoms with Crippen LogP contribution < -0.4 is 10.1 Å². The predicted molar refractivity (Wildman–Crippen MR) is 152 cm³/mol. The van der Waals surface area contributed by atoms with Gasteiger partial charge < -0.3 is 25.4 Å². The monoisotopic (exact) mass is 521 g/mol. The quantitative estimate of drug-likeness (QED) is 0.0760. The van der Waals surface area contributed by atoms with Crippen molar-refractivity contribution in [2.24, 2.45) is 0 Å². The molecular formula is C31H55NO5. The second-order valence-electron chi connectivity index (χ2n) is 11.5. The Balaban J connectivity index is 2.30. The average molecular weight is 522 g/mol. The largest absolute Gasteiger partial charge is 0.507 e. The molecule has 6 heteroatoms. The van der Waals surface area contributed by atoms with E-state index in [1.54, 1.807) is 6.07 Å². The first kappa shape index (κ1) is 33.4. The number of carbonyl (C=O) groups is 1. The molecular weight excluding hydrogens is 466 g/mol. The lowest BCUT2D eigenvalue weighted by Crippen LogP contribution is -2.38. The van der Waals surface area contributed by atoms with E-state index in [9.17, 15) is 20.1 Å². The number of unbranched alkanes of at least 4 members (excludes halogenated alkanes) is 14. The van der Waals surface area contributed by atoms with Gasteiger partial charge in [-0.3, -0.25) is 4.79 Å². The number of hydrogen-bond acceptors (Lipinski definition) is 6. The summed E-state index contributed by atoms with van der Waals surface area (Å²) < 4.78 is 5.57. The van der Waals surface area contributed by atoms with E-state index in [1.165, 1.54) is 83.1 Å². The van der Waals surface area contributed by atoms with Gasteiger partial charge in [-0.1, -0.05) is 96.8 Å². The van der Waals surface area contributed by atoms with Crippen molar-refractivity contribution in [1.29, 1.82) is 0 Å². The number of hydrogen-bond donors (Lipinski definition) is 4. The van der Waals surface area contributed by atoms with Crippen molar-refractivity contribution in [1.82, 2.24) is 5.32 Å². The molecule has 4 N–H and O–H groups in total. The molecule has 37 heavy (non-hydrogen) atoms. The zero-order chi connectivity index (χ0) is 27.5. The normalized spacial score (nSPS) is 12.6. The molecule has 1 atom stereocenters. The van der Waals surface area contributed by atoms with Gasteiger partial charge in [-0.25, -0.2) is 0 Å². The third-order valence-corrected chi connectivity index (χ3v) is 6.81. The minimum atomic E-state index is -0.946. The highest BCUT2D eigenvalue weighted by Gasteiger charge is 2.23. The summed E-state index contributed by atoms with van der Waals surface area (Å²) in [5.74, 6) is -0.499. The molecule has 0 amide bonds. The van der Waals surface area contributed by atoms with Crippen LogP contribution in [0, 0.1) is 0 Å². The van der Waals surface area contributed by atoms with Crippen LogP contribution in [-0.4, -0.2) is 33.4 Å². The van der Waals surface area contributed by atoms with E-state index in [0.29, 0.717) is 5.56 Å². The lowest BCUT2D eigenvalue weighted by atomic mass is 10.0. The van der Waals surface area contributed by atoms with E-state index in [2.05, 4.69) is 12.2 Å². The molecule has 0 bridgehead atoms. The van der Waals surface area contributed by atoms with Crippen LogP contribution >= 0.6 is 0 Å². The van der Waals surface area contributed by atoms with Crippen LogP contribution in [0.15, 0.2) is 12.1 Å².